The van der Waals surface area contributed by atoms with Gasteiger partial charge < -0.3 is 10.6 Å². The summed E-state index contributed by atoms with van der Waals surface area (Å²) in [4.78, 5) is 10.4. The second kappa shape index (κ2) is 7.54. The van der Waals surface area contributed by atoms with Gasteiger partial charge in [0.15, 0.2) is 0 Å². The van der Waals surface area contributed by atoms with Crippen LogP contribution in [0.5, 0.6) is 0 Å². The number of hydrogen-bond acceptors (Lipinski definition) is 2. The van der Waals surface area contributed by atoms with E-state index in [1.54, 1.807) is 6.92 Å². The highest BCUT2D eigenvalue weighted by Gasteiger charge is 1.90. The van der Waals surface area contributed by atoms with Crippen LogP contribution in [0.2, 0.25) is 0 Å². The molecule has 66 valence electrons. The van der Waals surface area contributed by atoms with Gasteiger partial charge in [0, 0.05) is 13.5 Å². The van der Waals surface area contributed by atoms with Crippen LogP contribution in [-0.4, -0.2) is 26.0 Å². The molecule has 0 fully saturated rings. The predicted molar refractivity (Wildman–Crippen MR) is 46.5 cm³/mol. The summed E-state index contributed by atoms with van der Waals surface area (Å²) in [6.45, 7) is 3.44. The molecule has 0 rings (SSSR count). The van der Waals surface area contributed by atoms with Crippen molar-refractivity contribution in [3.8, 4) is 0 Å². The Bertz CT molecular complexity index is 104. The minimum Gasteiger partial charge on any atom is -0.356 e. The van der Waals surface area contributed by atoms with Crippen molar-refractivity contribution in [2.45, 2.75) is 26.2 Å². The highest BCUT2D eigenvalue weighted by atomic mass is 16.1. The molecule has 2 N–H and O–H groups in total. The molecule has 0 aliphatic rings. The lowest BCUT2D eigenvalue weighted by molar-refractivity contribution is -0.118. The lowest BCUT2D eigenvalue weighted by atomic mass is 10.2. The van der Waals surface area contributed by atoms with E-state index in [-0.39, 0.29) is 5.91 Å². The van der Waals surface area contributed by atoms with Gasteiger partial charge in [-0.25, -0.2) is 0 Å². The fraction of sp³-hybridized carbons (Fsp3) is 0.875. The SMILES string of the molecule is CNCCCCCNC(C)=O. The average molecular weight is 158 g/mol. The van der Waals surface area contributed by atoms with Crippen LogP contribution in [0.4, 0.5) is 0 Å². The van der Waals surface area contributed by atoms with E-state index >= 15 is 0 Å². The van der Waals surface area contributed by atoms with E-state index in [0.717, 1.165) is 19.5 Å². The summed E-state index contributed by atoms with van der Waals surface area (Å²) in [7, 11) is 1.95. The van der Waals surface area contributed by atoms with Crippen molar-refractivity contribution in [1.29, 1.82) is 0 Å². The zero-order chi connectivity index (χ0) is 8.53. The number of rotatable bonds is 6. The predicted octanol–water partition coefficient (Wildman–Crippen LogP) is 0.512. The van der Waals surface area contributed by atoms with Crippen molar-refractivity contribution in [1.82, 2.24) is 10.6 Å². The molecule has 1 amide bonds. The molecule has 0 aromatic rings. The fourth-order valence-corrected chi connectivity index (χ4v) is 0.868. The van der Waals surface area contributed by atoms with Crippen LogP contribution in [0.1, 0.15) is 26.2 Å². The Labute approximate surface area is 68.6 Å². The molecular weight excluding hydrogens is 140 g/mol. The maximum Gasteiger partial charge on any atom is 0.216 e. The normalized spacial score (nSPS) is 9.64. The fourth-order valence-electron chi connectivity index (χ4n) is 0.868. The average Bonchev–Trinajstić information content (AvgIpc) is 1.96. The van der Waals surface area contributed by atoms with Crippen LogP contribution < -0.4 is 10.6 Å². The third-order valence-electron chi connectivity index (χ3n) is 1.48. The smallest absolute Gasteiger partial charge is 0.216 e. The van der Waals surface area contributed by atoms with Crippen LogP contribution >= 0.6 is 0 Å². The minimum atomic E-state index is 0.0682. The quantitative estimate of drug-likeness (QED) is 0.553. The monoisotopic (exact) mass is 158 g/mol. The van der Waals surface area contributed by atoms with E-state index < -0.39 is 0 Å². The Morgan fingerprint density at radius 1 is 1.18 bits per heavy atom. The van der Waals surface area contributed by atoms with Crippen LogP contribution in [0.3, 0.4) is 0 Å². The molecule has 0 bridgehead atoms. The summed E-state index contributed by atoms with van der Waals surface area (Å²) in [5.74, 6) is 0.0682. The lowest BCUT2D eigenvalue weighted by Gasteiger charge is -2.01. The third kappa shape index (κ3) is 9.43. The van der Waals surface area contributed by atoms with Crippen molar-refractivity contribution in [3.05, 3.63) is 0 Å². The van der Waals surface area contributed by atoms with Crippen LogP contribution in [0.15, 0.2) is 0 Å². The lowest BCUT2D eigenvalue weighted by Crippen LogP contribution is -2.21. The maximum atomic E-state index is 10.4. The van der Waals surface area contributed by atoms with Gasteiger partial charge in [-0.2, -0.15) is 0 Å². The second-order valence-electron chi connectivity index (χ2n) is 2.65. The van der Waals surface area contributed by atoms with Gasteiger partial charge in [0.25, 0.3) is 0 Å². The molecule has 0 atom stereocenters. The minimum absolute atomic E-state index is 0.0682. The first-order valence-corrected chi connectivity index (χ1v) is 4.16. The maximum absolute atomic E-state index is 10.4. The summed E-state index contributed by atoms with van der Waals surface area (Å²) in [6.07, 6.45) is 3.46. The van der Waals surface area contributed by atoms with E-state index in [1.165, 1.54) is 12.8 Å². The van der Waals surface area contributed by atoms with E-state index in [1.807, 2.05) is 7.05 Å². The standard InChI is InChI=1S/C8H18N2O/c1-8(11)10-7-5-3-4-6-9-2/h9H,3-7H2,1-2H3,(H,10,11). The number of amides is 1. The van der Waals surface area contributed by atoms with E-state index in [0.29, 0.717) is 0 Å². The number of carbonyl (C=O) groups is 1. The van der Waals surface area contributed by atoms with E-state index in [9.17, 15) is 4.79 Å². The third-order valence-corrected chi connectivity index (χ3v) is 1.48. The molecule has 3 heteroatoms. The van der Waals surface area contributed by atoms with Gasteiger partial charge in [0.1, 0.15) is 0 Å². The largest absolute Gasteiger partial charge is 0.356 e. The van der Waals surface area contributed by atoms with Gasteiger partial charge in [0.05, 0.1) is 0 Å². The van der Waals surface area contributed by atoms with Crippen molar-refractivity contribution < 1.29 is 4.79 Å². The molecule has 11 heavy (non-hydrogen) atoms. The van der Waals surface area contributed by atoms with Crippen LogP contribution in [0, 0.1) is 0 Å². The Morgan fingerprint density at radius 3 is 2.36 bits per heavy atom. The van der Waals surface area contributed by atoms with Gasteiger partial charge in [-0.3, -0.25) is 4.79 Å². The molecular formula is C8H18N2O. The summed E-state index contributed by atoms with van der Waals surface area (Å²) >= 11 is 0. The molecule has 0 saturated heterocycles. The zero-order valence-corrected chi connectivity index (χ0v) is 7.44. The highest BCUT2D eigenvalue weighted by molar-refractivity contribution is 5.72. The Hall–Kier alpha value is -0.570. The number of unbranched alkanes of at least 4 members (excludes halogenated alkanes) is 2. The van der Waals surface area contributed by atoms with Crippen molar-refractivity contribution in [2.24, 2.45) is 0 Å². The van der Waals surface area contributed by atoms with Gasteiger partial charge in [0.2, 0.25) is 5.91 Å². The molecule has 0 radical (unpaired) electrons. The molecule has 0 spiro atoms. The Kier molecular flexibility index (Phi) is 7.15. The first kappa shape index (κ1) is 10.4. The molecule has 0 aromatic heterocycles. The second-order valence-corrected chi connectivity index (χ2v) is 2.65. The zero-order valence-electron chi connectivity index (χ0n) is 7.44. The van der Waals surface area contributed by atoms with Crippen molar-refractivity contribution in [2.75, 3.05) is 20.1 Å². The van der Waals surface area contributed by atoms with Crippen LogP contribution in [-0.2, 0) is 4.79 Å². The van der Waals surface area contributed by atoms with Gasteiger partial charge in [-0.15, -0.1) is 0 Å². The first-order chi connectivity index (χ1) is 5.27. The van der Waals surface area contributed by atoms with E-state index in [4.69, 9.17) is 0 Å². The molecule has 0 aliphatic carbocycles. The molecule has 0 unspecified atom stereocenters. The summed E-state index contributed by atoms with van der Waals surface area (Å²) in [5, 5.41) is 5.84. The molecule has 3 nitrogen and oxygen atoms in total. The first-order valence-electron chi connectivity index (χ1n) is 4.16. The summed E-state index contributed by atoms with van der Waals surface area (Å²) in [5.41, 5.74) is 0. The Morgan fingerprint density at radius 2 is 1.82 bits per heavy atom. The molecule has 0 saturated carbocycles. The van der Waals surface area contributed by atoms with Gasteiger partial charge >= 0.3 is 0 Å². The number of carbonyl (C=O) groups excluding carboxylic acids is 1. The number of hydrogen-bond donors (Lipinski definition) is 2. The highest BCUT2D eigenvalue weighted by Crippen LogP contribution is 1.91. The summed E-state index contributed by atoms with van der Waals surface area (Å²) in [6, 6.07) is 0. The molecule has 0 heterocycles. The van der Waals surface area contributed by atoms with E-state index in [2.05, 4.69) is 10.6 Å². The topological polar surface area (TPSA) is 41.1 Å². The van der Waals surface area contributed by atoms with Crippen molar-refractivity contribution >= 4 is 5.91 Å². The number of nitrogens with one attached hydrogen (secondary N) is 2. The van der Waals surface area contributed by atoms with Gasteiger partial charge in [-0.1, -0.05) is 6.42 Å². The summed E-state index contributed by atoms with van der Waals surface area (Å²) < 4.78 is 0. The molecule has 0 aliphatic heterocycles. The van der Waals surface area contributed by atoms with Crippen LogP contribution in [0.25, 0.3) is 0 Å². The van der Waals surface area contributed by atoms with Gasteiger partial charge in [-0.05, 0) is 26.4 Å². The molecule has 0 aromatic carbocycles. The Balaban J connectivity index is 2.85. The van der Waals surface area contributed by atoms with Crippen molar-refractivity contribution in [3.63, 3.8) is 0 Å².